The average molecular weight is 273 g/mol. The molecule has 1 aliphatic rings. The fourth-order valence-electron chi connectivity index (χ4n) is 2.60. The topological polar surface area (TPSA) is 21.3 Å². The predicted molar refractivity (Wildman–Crippen MR) is 82.6 cm³/mol. The van der Waals surface area contributed by atoms with Crippen molar-refractivity contribution in [3.8, 4) is 0 Å². The van der Waals surface area contributed by atoms with E-state index in [1.807, 2.05) is 0 Å². The van der Waals surface area contributed by atoms with Gasteiger partial charge in [-0.25, -0.2) is 0 Å². The first-order valence-electron chi connectivity index (χ1n) is 7.43. The van der Waals surface area contributed by atoms with Crippen LogP contribution in [0.2, 0.25) is 0 Å². The fraction of sp³-hybridized carbons (Fsp3) is 1.00. The molecule has 0 unspecified atom stereocenters. The van der Waals surface area contributed by atoms with E-state index in [0.717, 1.165) is 31.9 Å². The van der Waals surface area contributed by atoms with Gasteiger partial charge in [0.2, 0.25) is 0 Å². The Bertz CT molecular complexity index is 219. The number of rotatable bonds is 7. The first-order valence-corrected chi connectivity index (χ1v) is 8.06. The van der Waals surface area contributed by atoms with Gasteiger partial charge in [-0.1, -0.05) is 19.3 Å². The summed E-state index contributed by atoms with van der Waals surface area (Å²) in [6.45, 7) is 9.55. The van der Waals surface area contributed by atoms with Crippen LogP contribution in [0.15, 0.2) is 0 Å². The average Bonchev–Trinajstić information content (AvgIpc) is 2.33. The van der Waals surface area contributed by atoms with E-state index in [1.54, 1.807) is 0 Å². The fourth-order valence-corrected chi connectivity index (χ4v) is 2.76. The lowest BCUT2D eigenvalue weighted by molar-refractivity contribution is -0.0627. The minimum Gasteiger partial charge on any atom is -0.375 e. The van der Waals surface area contributed by atoms with Gasteiger partial charge in [0.1, 0.15) is 0 Å². The summed E-state index contributed by atoms with van der Waals surface area (Å²) in [7, 11) is 0. The van der Waals surface area contributed by atoms with E-state index in [1.165, 1.54) is 32.1 Å². The van der Waals surface area contributed by atoms with Gasteiger partial charge in [0, 0.05) is 12.0 Å². The first-order chi connectivity index (χ1) is 8.47. The molecule has 108 valence electrons. The van der Waals surface area contributed by atoms with Crippen molar-refractivity contribution in [3.63, 3.8) is 0 Å². The summed E-state index contributed by atoms with van der Waals surface area (Å²) in [4.78, 5) is 0. The Morgan fingerprint density at radius 3 is 2.39 bits per heavy atom. The predicted octanol–water partition coefficient (Wildman–Crippen LogP) is 3.66. The third-order valence-electron chi connectivity index (χ3n) is 3.74. The van der Waals surface area contributed by atoms with Crippen molar-refractivity contribution in [2.24, 2.45) is 5.41 Å². The standard InChI is InChI=1S/C15H31NOS/c1-14(2,3)17-13-15(8-5-4-6-9-15)12-16-10-7-11-18/h16,18H,4-13H2,1-3H3. The number of hydrogen-bond donors (Lipinski definition) is 2. The monoisotopic (exact) mass is 273 g/mol. The van der Waals surface area contributed by atoms with Crippen LogP contribution in [0, 0.1) is 5.41 Å². The van der Waals surface area contributed by atoms with Crippen molar-refractivity contribution < 1.29 is 4.74 Å². The molecule has 0 aliphatic heterocycles. The van der Waals surface area contributed by atoms with Crippen LogP contribution in [0.4, 0.5) is 0 Å². The number of nitrogens with one attached hydrogen (secondary N) is 1. The molecule has 1 N–H and O–H groups in total. The van der Waals surface area contributed by atoms with Crippen LogP contribution in [0.25, 0.3) is 0 Å². The third kappa shape index (κ3) is 6.44. The highest BCUT2D eigenvalue weighted by atomic mass is 32.1. The van der Waals surface area contributed by atoms with Gasteiger partial charge < -0.3 is 10.1 Å². The van der Waals surface area contributed by atoms with Crippen molar-refractivity contribution in [3.05, 3.63) is 0 Å². The summed E-state index contributed by atoms with van der Waals surface area (Å²) in [5.74, 6) is 0.971. The molecule has 1 saturated carbocycles. The molecule has 0 heterocycles. The highest BCUT2D eigenvalue weighted by molar-refractivity contribution is 7.80. The van der Waals surface area contributed by atoms with Crippen molar-refractivity contribution in [1.29, 1.82) is 0 Å². The van der Waals surface area contributed by atoms with E-state index in [-0.39, 0.29) is 5.60 Å². The van der Waals surface area contributed by atoms with Gasteiger partial charge in [-0.2, -0.15) is 12.6 Å². The minimum absolute atomic E-state index is 0.0183. The Morgan fingerprint density at radius 2 is 1.83 bits per heavy atom. The van der Waals surface area contributed by atoms with Crippen LogP contribution in [0.1, 0.15) is 59.3 Å². The maximum Gasteiger partial charge on any atom is 0.0598 e. The second-order valence-corrected chi connectivity index (χ2v) is 7.16. The highest BCUT2D eigenvalue weighted by Crippen LogP contribution is 2.37. The Morgan fingerprint density at radius 1 is 1.17 bits per heavy atom. The summed E-state index contributed by atoms with van der Waals surface area (Å²) < 4.78 is 6.07. The zero-order valence-corrected chi connectivity index (χ0v) is 13.3. The molecule has 0 aromatic carbocycles. The third-order valence-corrected chi connectivity index (χ3v) is 4.05. The highest BCUT2D eigenvalue weighted by Gasteiger charge is 2.33. The Labute approximate surface area is 119 Å². The van der Waals surface area contributed by atoms with E-state index < -0.39 is 0 Å². The summed E-state index contributed by atoms with van der Waals surface area (Å²) in [5.41, 5.74) is 0.359. The molecule has 0 radical (unpaired) electrons. The van der Waals surface area contributed by atoms with Gasteiger partial charge in [-0.05, 0) is 52.3 Å². The van der Waals surface area contributed by atoms with Crippen molar-refractivity contribution in [1.82, 2.24) is 5.32 Å². The van der Waals surface area contributed by atoms with Gasteiger partial charge in [0.25, 0.3) is 0 Å². The summed E-state index contributed by atoms with van der Waals surface area (Å²) in [5, 5.41) is 3.60. The summed E-state index contributed by atoms with van der Waals surface area (Å²) >= 11 is 4.26. The molecule has 0 bridgehead atoms. The lowest BCUT2D eigenvalue weighted by Gasteiger charge is -2.39. The molecule has 18 heavy (non-hydrogen) atoms. The molecule has 0 amide bonds. The molecular formula is C15H31NOS. The molecule has 3 heteroatoms. The van der Waals surface area contributed by atoms with E-state index in [0.29, 0.717) is 5.41 Å². The van der Waals surface area contributed by atoms with Crippen LogP contribution in [-0.4, -0.2) is 31.1 Å². The number of hydrogen-bond acceptors (Lipinski definition) is 3. The summed E-state index contributed by atoms with van der Waals surface area (Å²) in [6, 6.07) is 0. The Balaban J connectivity index is 2.41. The molecule has 0 atom stereocenters. The van der Waals surface area contributed by atoms with Crippen molar-refractivity contribution in [2.45, 2.75) is 64.9 Å². The smallest absolute Gasteiger partial charge is 0.0598 e. The zero-order chi connectivity index (χ0) is 13.5. The summed E-state index contributed by atoms with van der Waals surface area (Å²) in [6.07, 6.45) is 7.91. The molecule has 2 nitrogen and oxygen atoms in total. The molecule has 0 saturated heterocycles. The van der Waals surface area contributed by atoms with Crippen LogP contribution >= 0.6 is 12.6 Å². The maximum absolute atomic E-state index is 6.07. The molecule has 1 aliphatic carbocycles. The Hall–Kier alpha value is 0.270. The minimum atomic E-state index is -0.0183. The molecule has 1 rings (SSSR count). The van der Waals surface area contributed by atoms with Gasteiger partial charge in [-0.15, -0.1) is 0 Å². The van der Waals surface area contributed by atoms with Crippen LogP contribution in [-0.2, 0) is 4.74 Å². The molecular weight excluding hydrogens is 242 g/mol. The van der Waals surface area contributed by atoms with E-state index >= 15 is 0 Å². The maximum atomic E-state index is 6.07. The van der Waals surface area contributed by atoms with Crippen LogP contribution in [0.3, 0.4) is 0 Å². The second kappa shape index (κ2) is 7.76. The van der Waals surface area contributed by atoms with Crippen LogP contribution in [0.5, 0.6) is 0 Å². The van der Waals surface area contributed by atoms with E-state index in [2.05, 4.69) is 38.7 Å². The van der Waals surface area contributed by atoms with Gasteiger partial charge in [0.15, 0.2) is 0 Å². The van der Waals surface area contributed by atoms with E-state index in [9.17, 15) is 0 Å². The molecule has 1 fully saturated rings. The lowest BCUT2D eigenvalue weighted by Crippen LogP contribution is -2.42. The Kier molecular flexibility index (Phi) is 7.04. The SMILES string of the molecule is CC(C)(C)OCC1(CNCCCS)CCCCC1. The quantitative estimate of drug-likeness (QED) is 0.545. The van der Waals surface area contributed by atoms with Gasteiger partial charge in [-0.3, -0.25) is 0 Å². The zero-order valence-electron chi connectivity index (χ0n) is 12.4. The lowest BCUT2D eigenvalue weighted by atomic mass is 9.74. The number of ether oxygens (including phenoxy) is 1. The molecule has 0 aromatic heterocycles. The van der Waals surface area contributed by atoms with Crippen LogP contribution < -0.4 is 5.32 Å². The van der Waals surface area contributed by atoms with Gasteiger partial charge in [0.05, 0.1) is 12.2 Å². The van der Waals surface area contributed by atoms with Gasteiger partial charge >= 0.3 is 0 Å². The molecule has 0 aromatic rings. The largest absolute Gasteiger partial charge is 0.375 e. The van der Waals surface area contributed by atoms with E-state index in [4.69, 9.17) is 4.74 Å². The second-order valence-electron chi connectivity index (χ2n) is 6.72. The van der Waals surface area contributed by atoms with Crippen molar-refractivity contribution in [2.75, 3.05) is 25.4 Å². The van der Waals surface area contributed by atoms with Crippen molar-refractivity contribution >= 4 is 12.6 Å². The normalized spacial score (nSPS) is 20.0. The number of thiol groups is 1. The molecule has 0 spiro atoms. The first kappa shape index (κ1) is 16.3.